The number of benzene rings is 3. The Morgan fingerprint density at radius 1 is 0.953 bits per heavy atom. The van der Waals surface area contributed by atoms with Crippen molar-refractivity contribution in [2.24, 2.45) is 0 Å². The summed E-state index contributed by atoms with van der Waals surface area (Å²) in [5.41, 5.74) is 2.26. The SMILES string of the molecule is CCOc1cc(N/C=C(/C#N)C(=O)Nc2ccc(OCc3ccccn3)c(Cl)c2)ccc1N1C(=O)c2ccccc2C1=O. The van der Waals surface area contributed by atoms with E-state index in [1.807, 2.05) is 24.3 Å². The number of imide groups is 1. The van der Waals surface area contributed by atoms with E-state index in [2.05, 4.69) is 15.6 Å². The molecular formula is C32H24ClN5O5. The van der Waals surface area contributed by atoms with E-state index in [9.17, 15) is 19.6 Å². The first-order valence-corrected chi connectivity index (χ1v) is 13.5. The van der Waals surface area contributed by atoms with E-state index in [4.69, 9.17) is 21.1 Å². The predicted octanol–water partition coefficient (Wildman–Crippen LogP) is 5.97. The Morgan fingerprint density at radius 3 is 2.33 bits per heavy atom. The molecule has 1 aliphatic rings. The predicted molar refractivity (Wildman–Crippen MR) is 161 cm³/mol. The van der Waals surface area contributed by atoms with E-state index in [-0.39, 0.29) is 35.2 Å². The van der Waals surface area contributed by atoms with Crippen molar-refractivity contribution in [1.82, 2.24) is 4.98 Å². The molecule has 0 aliphatic carbocycles. The van der Waals surface area contributed by atoms with Crippen LogP contribution in [0.1, 0.15) is 33.3 Å². The Bertz CT molecular complexity index is 1750. The summed E-state index contributed by atoms with van der Waals surface area (Å²) in [5, 5.41) is 15.4. The molecule has 3 amide bonds. The summed E-state index contributed by atoms with van der Waals surface area (Å²) < 4.78 is 11.4. The molecule has 1 aliphatic heterocycles. The highest BCUT2D eigenvalue weighted by Gasteiger charge is 2.37. The molecule has 10 nitrogen and oxygen atoms in total. The van der Waals surface area contributed by atoms with Crippen molar-refractivity contribution in [3.05, 3.63) is 119 Å². The fraction of sp³-hybridized carbons (Fsp3) is 0.0938. The molecule has 1 aromatic heterocycles. The average molecular weight is 594 g/mol. The molecule has 43 heavy (non-hydrogen) atoms. The van der Waals surface area contributed by atoms with Crippen LogP contribution in [-0.4, -0.2) is 29.3 Å². The minimum absolute atomic E-state index is 0.214. The van der Waals surface area contributed by atoms with Gasteiger partial charge in [0.2, 0.25) is 0 Å². The van der Waals surface area contributed by atoms with Crippen molar-refractivity contribution in [2.75, 3.05) is 22.1 Å². The zero-order valence-electron chi connectivity index (χ0n) is 22.8. The molecule has 2 N–H and O–H groups in total. The third-order valence-corrected chi connectivity index (χ3v) is 6.63. The lowest BCUT2D eigenvalue weighted by Gasteiger charge is -2.19. The number of nitriles is 1. The molecule has 0 fully saturated rings. The van der Waals surface area contributed by atoms with Crippen LogP contribution in [-0.2, 0) is 11.4 Å². The minimum atomic E-state index is -0.666. The Balaban J connectivity index is 1.27. The molecule has 11 heteroatoms. The summed E-state index contributed by atoms with van der Waals surface area (Å²) in [6, 6.07) is 23.4. The van der Waals surface area contributed by atoms with Crippen molar-refractivity contribution in [3.8, 4) is 17.6 Å². The van der Waals surface area contributed by atoms with Crippen LogP contribution in [0.15, 0.2) is 96.8 Å². The lowest BCUT2D eigenvalue weighted by Crippen LogP contribution is -2.29. The summed E-state index contributed by atoms with van der Waals surface area (Å²) in [6.45, 7) is 2.27. The van der Waals surface area contributed by atoms with Crippen LogP contribution in [0.3, 0.4) is 0 Å². The van der Waals surface area contributed by atoms with E-state index < -0.39 is 17.7 Å². The fourth-order valence-corrected chi connectivity index (χ4v) is 4.54. The van der Waals surface area contributed by atoms with Gasteiger partial charge in [0.15, 0.2) is 0 Å². The van der Waals surface area contributed by atoms with E-state index in [0.29, 0.717) is 28.3 Å². The maximum absolute atomic E-state index is 13.0. The number of halogens is 1. The molecule has 5 rings (SSSR count). The number of ether oxygens (including phenoxy) is 2. The van der Waals surface area contributed by atoms with E-state index in [1.54, 1.807) is 67.7 Å². The molecule has 4 aromatic rings. The molecule has 2 heterocycles. The second-order valence-corrected chi connectivity index (χ2v) is 9.54. The van der Waals surface area contributed by atoms with E-state index in [0.717, 1.165) is 10.6 Å². The zero-order chi connectivity index (χ0) is 30.3. The first-order chi connectivity index (χ1) is 20.9. The average Bonchev–Trinajstić information content (AvgIpc) is 3.27. The first-order valence-electron chi connectivity index (χ1n) is 13.1. The molecule has 3 aromatic carbocycles. The summed E-state index contributed by atoms with van der Waals surface area (Å²) in [7, 11) is 0. The molecule has 0 saturated carbocycles. The molecular weight excluding hydrogens is 570 g/mol. The molecule has 0 saturated heterocycles. The van der Waals surface area contributed by atoms with E-state index >= 15 is 0 Å². The van der Waals surface area contributed by atoms with Gasteiger partial charge in [0.25, 0.3) is 17.7 Å². The molecule has 0 bridgehead atoms. The molecule has 0 atom stereocenters. The van der Waals surface area contributed by atoms with Gasteiger partial charge < -0.3 is 20.1 Å². The third kappa shape index (κ3) is 6.32. The van der Waals surface area contributed by atoms with Gasteiger partial charge in [-0.3, -0.25) is 19.4 Å². The number of nitrogens with zero attached hydrogens (tertiary/aromatic N) is 3. The van der Waals surface area contributed by atoms with Gasteiger partial charge in [0, 0.05) is 29.8 Å². The molecule has 214 valence electrons. The van der Waals surface area contributed by atoms with Gasteiger partial charge in [-0.2, -0.15) is 5.26 Å². The number of carbonyl (C=O) groups is 3. The standard InChI is InChI=1S/C32H24ClN5O5/c1-2-42-29-16-21(10-12-27(29)38-31(40)24-8-3-4-9-25(24)32(38)41)36-18-20(17-34)30(39)37-22-11-13-28(26(33)15-22)43-19-23-7-5-6-14-35-23/h3-16,18,36H,2,19H2,1H3,(H,37,39)/b20-18-. The summed E-state index contributed by atoms with van der Waals surface area (Å²) >= 11 is 6.33. The maximum atomic E-state index is 13.0. The van der Waals surface area contributed by atoms with Crippen LogP contribution in [0.5, 0.6) is 11.5 Å². The quantitative estimate of drug-likeness (QED) is 0.130. The second-order valence-electron chi connectivity index (χ2n) is 9.13. The number of anilines is 3. The number of carbonyl (C=O) groups excluding carboxylic acids is 3. The highest BCUT2D eigenvalue weighted by molar-refractivity contribution is 6.35. The van der Waals surface area contributed by atoms with Crippen LogP contribution in [0.2, 0.25) is 5.02 Å². The number of nitrogens with one attached hydrogen (secondary N) is 2. The highest BCUT2D eigenvalue weighted by atomic mass is 35.5. The second kappa shape index (κ2) is 12.9. The number of hydrogen-bond acceptors (Lipinski definition) is 8. The van der Waals surface area contributed by atoms with Crippen molar-refractivity contribution in [3.63, 3.8) is 0 Å². The van der Waals surface area contributed by atoms with Crippen LogP contribution in [0, 0.1) is 11.3 Å². The number of aromatic nitrogens is 1. The smallest absolute Gasteiger partial charge is 0.267 e. The Morgan fingerprint density at radius 2 is 1.67 bits per heavy atom. The van der Waals surface area contributed by atoms with Crippen molar-refractivity contribution < 1.29 is 23.9 Å². The van der Waals surface area contributed by atoms with Gasteiger partial charge in [-0.25, -0.2) is 4.90 Å². The number of amides is 3. The van der Waals surface area contributed by atoms with E-state index in [1.165, 1.54) is 12.3 Å². The fourth-order valence-electron chi connectivity index (χ4n) is 4.30. The zero-order valence-corrected chi connectivity index (χ0v) is 23.6. The minimum Gasteiger partial charge on any atom is -0.492 e. The topological polar surface area (TPSA) is 134 Å². The summed E-state index contributed by atoms with van der Waals surface area (Å²) in [5.74, 6) is -0.867. The summed E-state index contributed by atoms with van der Waals surface area (Å²) in [4.78, 5) is 44.1. The monoisotopic (exact) mass is 593 g/mol. The van der Waals surface area contributed by atoms with Crippen molar-refractivity contribution >= 4 is 46.4 Å². The van der Waals surface area contributed by atoms with Crippen LogP contribution in [0.4, 0.5) is 17.1 Å². The molecule has 0 spiro atoms. The molecule has 0 unspecified atom stereocenters. The van der Waals surface area contributed by atoms with Gasteiger partial charge in [0.05, 0.1) is 34.1 Å². The normalized spacial score (nSPS) is 12.4. The summed E-state index contributed by atoms with van der Waals surface area (Å²) in [6.07, 6.45) is 2.91. The maximum Gasteiger partial charge on any atom is 0.267 e. The van der Waals surface area contributed by atoms with Crippen LogP contribution < -0.4 is 25.0 Å². The number of fused-ring (bicyclic) bond motifs is 1. The Labute approximate surface area is 252 Å². The van der Waals surface area contributed by atoms with Gasteiger partial charge in [-0.15, -0.1) is 0 Å². The van der Waals surface area contributed by atoms with Gasteiger partial charge in [-0.05, 0) is 61.5 Å². The Hall–Kier alpha value is -5.66. The first kappa shape index (κ1) is 28.9. The lowest BCUT2D eigenvalue weighted by molar-refractivity contribution is -0.112. The number of pyridine rings is 1. The van der Waals surface area contributed by atoms with Crippen molar-refractivity contribution in [1.29, 1.82) is 5.26 Å². The van der Waals surface area contributed by atoms with Crippen LogP contribution in [0.25, 0.3) is 0 Å². The molecule has 0 radical (unpaired) electrons. The Kier molecular flexibility index (Phi) is 8.65. The van der Waals surface area contributed by atoms with Gasteiger partial charge >= 0.3 is 0 Å². The lowest BCUT2D eigenvalue weighted by atomic mass is 10.1. The van der Waals surface area contributed by atoms with Gasteiger partial charge in [0.1, 0.15) is 29.7 Å². The number of hydrogen-bond donors (Lipinski definition) is 2. The number of rotatable bonds is 10. The third-order valence-electron chi connectivity index (χ3n) is 6.33. The highest BCUT2D eigenvalue weighted by Crippen LogP contribution is 2.37. The largest absolute Gasteiger partial charge is 0.492 e. The van der Waals surface area contributed by atoms with Crippen LogP contribution >= 0.6 is 11.6 Å². The van der Waals surface area contributed by atoms with Crippen molar-refractivity contribution in [2.45, 2.75) is 13.5 Å². The van der Waals surface area contributed by atoms with Gasteiger partial charge in [-0.1, -0.05) is 29.8 Å².